The molecule has 148 valence electrons. The SMILES string of the molecule is Cc1sc(NC(=O)Cn2cnc3scc(-c4cccs4)c3c2=O)c(C(N)=O)c1C. The van der Waals surface area contributed by atoms with Gasteiger partial charge < -0.3 is 11.1 Å². The first-order valence-electron chi connectivity index (χ1n) is 8.57. The fourth-order valence-electron chi connectivity index (χ4n) is 3.03. The molecule has 10 heteroatoms. The van der Waals surface area contributed by atoms with E-state index in [1.54, 1.807) is 18.3 Å². The summed E-state index contributed by atoms with van der Waals surface area (Å²) in [7, 11) is 0. The lowest BCUT2D eigenvalue weighted by molar-refractivity contribution is -0.116. The highest BCUT2D eigenvalue weighted by Crippen LogP contribution is 2.34. The molecule has 0 aliphatic carbocycles. The Morgan fingerprint density at radius 2 is 2.07 bits per heavy atom. The summed E-state index contributed by atoms with van der Waals surface area (Å²) < 4.78 is 1.28. The normalized spacial score (nSPS) is 11.1. The zero-order valence-electron chi connectivity index (χ0n) is 15.5. The van der Waals surface area contributed by atoms with E-state index >= 15 is 0 Å². The van der Waals surface area contributed by atoms with Crippen molar-refractivity contribution in [2.24, 2.45) is 5.73 Å². The van der Waals surface area contributed by atoms with Gasteiger partial charge in [-0.2, -0.15) is 0 Å². The molecule has 0 aliphatic heterocycles. The lowest BCUT2D eigenvalue weighted by atomic mass is 10.1. The van der Waals surface area contributed by atoms with Gasteiger partial charge in [0.25, 0.3) is 11.5 Å². The molecular formula is C19H16N4O3S3. The number of rotatable bonds is 5. The number of primary amides is 1. The van der Waals surface area contributed by atoms with Crippen LogP contribution in [0.15, 0.2) is 34.0 Å². The molecule has 0 bridgehead atoms. The maximum Gasteiger partial charge on any atom is 0.263 e. The van der Waals surface area contributed by atoms with Gasteiger partial charge in [-0.1, -0.05) is 6.07 Å². The number of thiophene rings is 3. The second-order valence-electron chi connectivity index (χ2n) is 6.38. The average Bonchev–Trinajstić information content (AvgIpc) is 3.37. The number of anilines is 1. The van der Waals surface area contributed by atoms with E-state index in [-0.39, 0.29) is 12.1 Å². The van der Waals surface area contributed by atoms with Gasteiger partial charge >= 0.3 is 0 Å². The Balaban J connectivity index is 1.65. The number of aromatic nitrogens is 2. The van der Waals surface area contributed by atoms with Gasteiger partial charge in [-0.25, -0.2) is 4.98 Å². The molecule has 0 atom stereocenters. The zero-order valence-corrected chi connectivity index (χ0v) is 18.0. The number of fused-ring (bicyclic) bond motifs is 1. The summed E-state index contributed by atoms with van der Waals surface area (Å²) in [6, 6.07) is 3.87. The molecule has 0 fully saturated rings. The second kappa shape index (κ2) is 7.54. The number of hydrogen-bond acceptors (Lipinski definition) is 7. The molecule has 7 nitrogen and oxygen atoms in total. The first-order valence-corrected chi connectivity index (χ1v) is 11.1. The third-order valence-electron chi connectivity index (χ3n) is 4.55. The highest BCUT2D eigenvalue weighted by atomic mass is 32.1. The minimum absolute atomic E-state index is 0.213. The van der Waals surface area contributed by atoms with Crippen LogP contribution in [-0.2, 0) is 11.3 Å². The Hall–Kier alpha value is -2.82. The zero-order chi connectivity index (χ0) is 20.7. The summed E-state index contributed by atoms with van der Waals surface area (Å²) in [6.45, 7) is 3.43. The van der Waals surface area contributed by atoms with E-state index in [2.05, 4.69) is 10.3 Å². The summed E-state index contributed by atoms with van der Waals surface area (Å²) in [6.07, 6.45) is 1.37. The van der Waals surface area contributed by atoms with E-state index in [9.17, 15) is 14.4 Å². The fourth-order valence-corrected chi connectivity index (χ4v) is 5.83. The van der Waals surface area contributed by atoms with Crippen LogP contribution in [0.5, 0.6) is 0 Å². The molecule has 0 unspecified atom stereocenters. The predicted octanol–water partition coefficient (Wildman–Crippen LogP) is 3.60. The molecule has 0 aromatic carbocycles. The molecule has 4 aromatic heterocycles. The van der Waals surface area contributed by atoms with Gasteiger partial charge in [0.2, 0.25) is 5.91 Å². The monoisotopic (exact) mass is 444 g/mol. The van der Waals surface area contributed by atoms with Crippen molar-refractivity contribution in [1.82, 2.24) is 9.55 Å². The van der Waals surface area contributed by atoms with E-state index in [0.717, 1.165) is 20.9 Å². The lowest BCUT2D eigenvalue weighted by Crippen LogP contribution is -2.28. The van der Waals surface area contributed by atoms with Crippen LogP contribution < -0.4 is 16.6 Å². The van der Waals surface area contributed by atoms with Gasteiger partial charge in [-0.15, -0.1) is 34.0 Å². The number of carbonyl (C=O) groups is 2. The summed E-state index contributed by atoms with van der Waals surface area (Å²) in [5.74, 6) is -1.02. The first-order chi connectivity index (χ1) is 13.9. The summed E-state index contributed by atoms with van der Waals surface area (Å²) >= 11 is 4.23. The summed E-state index contributed by atoms with van der Waals surface area (Å²) in [5, 5.41) is 7.47. The maximum atomic E-state index is 13.0. The first kappa shape index (κ1) is 19.5. The topological polar surface area (TPSA) is 107 Å². The van der Waals surface area contributed by atoms with Crippen molar-refractivity contribution in [3.63, 3.8) is 0 Å². The number of hydrogen-bond donors (Lipinski definition) is 2. The molecule has 0 radical (unpaired) electrons. The van der Waals surface area contributed by atoms with Crippen LogP contribution in [-0.4, -0.2) is 21.4 Å². The van der Waals surface area contributed by atoms with Gasteiger partial charge in [0.05, 0.1) is 17.3 Å². The average molecular weight is 445 g/mol. The van der Waals surface area contributed by atoms with Gasteiger partial charge in [-0.3, -0.25) is 19.0 Å². The molecule has 0 saturated carbocycles. The minimum atomic E-state index is -0.596. The summed E-state index contributed by atoms with van der Waals surface area (Å²) in [4.78, 5) is 44.2. The van der Waals surface area contributed by atoms with Crippen molar-refractivity contribution in [2.75, 3.05) is 5.32 Å². The van der Waals surface area contributed by atoms with Gasteiger partial charge in [0.15, 0.2) is 0 Å². The standard InChI is InChI=1S/C19H16N4O3S3/c1-9-10(2)29-18(14(9)16(20)25)22-13(24)6-23-8-21-17-15(19(23)26)11(7-28-17)12-4-3-5-27-12/h3-5,7-8H,6H2,1-2H3,(H2,20,25)(H,22,24). The Morgan fingerprint density at radius 3 is 2.76 bits per heavy atom. The quantitative estimate of drug-likeness (QED) is 0.490. The molecule has 3 N–H and O–H groups in total. The molecule has 0 saturated heterocycles. The van der Waals surface area contributed by atoms with Crippen molar-refractivity contribution >= 4 is 61.0 Å². The number of nitrogens with zero attached hydrogens (tertiary/aromatic N) is 2. The Bertz CT molecular complexity index is 1300. The molecule has 4 heterocycles. The number of nitrogens with two attached hydrogens (primary N) is 1. The molecular weight excluding hydrogens is 428 g/mol. The second-order valence-corrected chi connectivity index (χ2v) is 9.41. The third-order valence-corrected chi connectivity index (χ3v) is 7.46. The number of aryl methyl sites for hydroxylation is 1. The van der Waals surface area contributed by atoms with Crippen LogP contribution in [0.25, 0.3) is 20.7 Å². The molecule has 2 amide bonds. The maximum absolute atomic E-state index is 13.0. The lowest BCUT2D eigenvalue weighted by Gasteiger charge is -2.07. The minimum Gasteiger partial charge on any atom is -0.365 e. The Morgan fingerprint density at radius 1 is 1.28 bits per heavy atom. The predicted molar refractivity (Wildman–Crippen MR) is 118 cm³/mol. The molecule has 0 spiro atoms. The van der Waals surface area contributed by atoms with Crippen LogP contribution in [0.3, 0.4) is 0 Å². The van der Waals surface area contributed by atoms with Crippen LogP contribution >= 0.6 is 34.0 Å². The van der Waals surface area contributed by atoms with Crippen LogP contribution in [0, 0.1) is 13.8 Å². The smallest absolute Gasteiger partial charge is 0.263 e. The van der Waals surface area contributed by atoms with Gasteiger partial charge in [0, 0.05) is 20.7 Å². The van der Waals surface area contributed by atoms with E-state index in [0.29, 0.717) is 20.8 Å². The third kappa shape index (κ3) is 3.50. The molecule has 4 rings (SSSR count). The number of carbonyl (C=O) groups excluding carboxylic acids is 2. The number of amides is 2. The van der Waals surface area contributed by atoms with Crippen molar-refractivity contribution < 1.29 is 9.59 Å². The molecule has 0 aliphatic rings. The summed E-state index contributed by atoms with van der Waals surface area (Å²) in [5.41, 5.74) is 7.05. The highest BCUT2D eigenvalue weighted by molar-refractivity contribution is 7.18. The van der Waals surface area contributed by atoms with E-state index in [1.807, 2.05) is 29.8 Å². The van der Waals surface area contributed by atoms with Crippen LogP contribution in [0.1, 0.15) is 20.8 Å². The largest absolute Gasteiger partial charge is 0.365 e. The van der Waals surface area contributed by atoms with Gasteiger partial charge in [0.1, 0.15) is 16.4 Å². The molecule has 4 aromatic rings. The van der Waals surface area contributed by atoms with Crippen LogP contribution in [0.2, 0.25) is 0 Å². The highest BCUT2D eigenvalue weighted by Gasteiger charge is 2.20. The van der Waals surface area contributed by atoms with Crippen molar-refractivity contribution in [1.29, 1.82) is 0 Å². The van der Waals surface area contributed by atoms with Crippen molar-refractivity contribution in [3.05, 3.63) is 55.6 Å². The van der Waals surface area contributed by atoms with Crippen LogP contribution in [0.4, 0.5) is 5.00 Å². The Labute approximate surface area is 177 Å². The van der Waals surface area contributed by atoms with Crippen molar-refractivity contribution in [2.45, 2.75) is 20.4 Å². The number of nitrogens with one attached hydrogen (secondary N) is 1. The van der Waals surface area contributed by atoms with Gasteiger partial charge in [-0.05, 0) is 30.9 Å². The van der Waals surface area contributed by atoms with E-state index < -0.39 is 11.8 Å². The van der Waals surface area contributed by atoms with E-state index in [4.69, 9.17) is 5.73 Å². The Kier molecular flexibility index (Phi) is 5.07. The fraction of sp³-hybridized carbons (Fsp3) is 0.158. The molecule has 29 heavy (non-hydrogen) atoms. The van der Waals surface area contributed by atoms with E-state index in [1.165, 1.54) is 33.6 Å². The van der Waals surface area contributed by atoms with Crippen molar-refractivity contribution in [3.8, 4) is 10.4 Å².